The monoisotopic (exact) mass is 463 g/mol. The van der Waals surface area contributed by atoms with Crippen LogP contribution in [0.25, 0.3) is 0 Å². The second kappa shape index (κ2) is 12.5. The Kier molecular flexibility index (Phi) is 11.0. The minimum Gasteiger partial charge on any atom is -0.357 e. The van der Waals surface area contributed by atoms with Gasteiger partial charge in [0.25, 0.3) is 0 Å². The van der Waals surface area contributed by atoms with E-state index in [1.807, 2.05) is 0 Å². The summed E-state index contributed by atoms with van der Waals surface area (Å²) in [5.74, 6) is 1.95. The van der Waals surface area contributed by atoms with E-state index >= 15 is 0 Å². The van der Waals surface area contributed by atoms with Crippen LogP contribution in [0.5, 0.6) is 0 Å². The first-order valence-electron chi connectivity index (χ1n) is 9.40. The molecule has 0 atom stereocenters. The lowest BCUT2D eigenvalue weighted by atomic mass is 10.1. The molecule has 2 rings (SSSR count). The summed E-state index contributed by atoms with van der Waals surface area (Å²) < 4.78 is 2.08. The summed E-state index contributed by atoms with van der Waals surface area (Å²) in [4.78, 5) is 7.27. The van der Waals surface area contributed by atoms with Crippen LogP contribution in [-0.2, 0) is 13.0 Å². The van der Waals surface area contributed by atoms with Crippen molar-refractivity contribution < 1.29 is 0 Å². The number of nitrogens with one attached hydrogen (secondary N) is 2. The van der Waals surface area contributed by atoms with Crippen molar-refractivity contribution in [1.29, 1.82) is 0 Å². The summed E-state index contributed by atoms with van der Waals surface area (Å²) in [5, 5.41) is 15.0. The lowest BCUT2D eigenvalue weighted by Crippen LogP contribution is -2.48. The molecule has 0 spiro atoms. The second-order valence-corrected chi connectivity index (χ2v) is 6.32. The van der Waals surface area contributed by atoms with E-state index in [9.17, 15) is 0 Å². The van der Waals surface area contributed by atoms with Gasteiger partial charge in [-0.2, -0.15) is 0 Å². The topological polar surface area (TPSA) is 70.4 Å². The van der Waals surface area contributed by atoms with Crippen LogP contribution >= 0.6 is 24.0 Å². The van der Waals surface area contributed by atoms with Crippen molar-refractivity contribution in [2.75, 3.05) is 32.7 Å². The van der Waals surface area contributed by atoms with Crippen molar-refractivity contribution in [3.63, 3.8) is 0 Å². The van der Waals surface area contributed by atoms with E-state index in [0.717, 1.165) is 37.8 Å². The fourth-order valence-corrected chi connectivity index (χ4v) is 3.14. The first-order valence-corrected chi connectivity index (χ1v) is 9.40. The fourth-order valence-electron chi connectivity index (χ4n) is 3.14. The van der Waals surface area contributed by atoms with Crippen LogP contribution in [0, 0.1) is 0 Å². The second-order valence-electron chi connectivity index (χ2n) is 6.32. The van der Waals surface area contributed by atoms with Crippen molar-refractivity contribution >= 4 is 29.9 Å². The molecule has 0 bridgehead atoms. The van der Waals surface area contributed by atoms with E-state index in [1.54, 1.807) is 6.33 Å². The molecule has 25 heavy (non-hydrogen) atoms. The Labute approximate surface area is 169 Å². The first-order chi connectivity index (χ1) is 11.8. The van der Waals surface area contributed by atoms with Gasteiger partial charge in [-0.15, -0.1) is 34.2 Å². The van der Waals surface area contributed by atoms with Crippen LogP contribution in [0.3, 0.4) is 0 Å². The molecule has 0 unspecified atom stereocenters. The lowest BCUT2D eigenvalue weighted by Gasteiger charge is -2.32. The smallest absolute Gasteiger partial charge is 0.191 e. The van der Waals surface area contributed by atoms with Crippen LogP contribution in [0.15, 0.2) is 11.3 Å². The number of aromatic nitrogens is 3. The summed E-state index contributed by atoms with van der Waals surface area (Å²) in [6, 6.07) is 0.525. The molecule has 8 heteroatoms. The Morgan fingerprint density at radius 2 is 2.00 bits per heavy atom. The van der Waals surface area contributed by atoms with Gasteiger partial charge in [0.15, 0.2) is 5.96 Å². The van der Waals surface area contributed by atoms with Gasteiger partial charge in [-0.05, 0) is 32.7 Å². The summed E-state index contributed by atoms with van der Waals surface area (Å²) in [6.07, 6.45) is 6.31. The molecule has 0 aliphatic carbocycles. The number of aryl methyl sites for hydroxylation is 1. The lowest BCUT2D eigenvalue weighted by molar-refractivity contribution is 0.206. The van der Waals surface area contributed by atoms with Gasteiger partial charge in [0, 0.05) is 38.6 Å². The highest BCUT2D eigenvalue weighted by molar-refractivity contribution is 14.0. The molecule has 2 heterocycles. The van der Waals surface area contributed by atoms with E-state index in [1.165, 1.54) is 38.9 Å². The standard InChI is InChI=1S/C17H33N7.HI/c1-4-10-23-11-7-15(8-12-23)21-17(18-6-3)19-9-13-24-14-20-22-16(24)5-2;/h14-15H,4-13H2,1-3H3,(H2,18,19,21);1H. The normalized spacial score (nSPS) is 16.5. The molecule has 1 aromatic rings. The molecule has 1 aliphatic rings. The summed E-state index contributed by atoms with van der Waals surface area (Å²) in [6.45, 7) is 12.5. The first kappa shape index (κ1) is 22.1. The molecule has 1 aromatic heterocycles. The number of nitrogens with zero attached hydrogens (tertiary/aromatic N) is 5. The van der Waals surface area contributed by atoms with E-state index in [0.29, 0.717) is 6.04 Å². The predicted octanol–water partition coefficient (Wildman–Crippen LogP) is 1.89. The Hall–Kier alpha value is -0.900. The SMILES string of the molecule is CCCN1CCC(NC(=NCCn2cnnc2CC)NCC)CC1.I. The number of rotatable bonds is 8. The van der Waals surface area contributed by atoms with Gasteiger partial charge < -0.3 is 20.1 Å². The van der Waals surface area contributed by atoms with Crippen LogP contribution in [0.1, 0.15) is 45.9 Å². The van der Waals surface area contributed by atoms with E-state index in [2.05, 4.69) is 51.1 Å². The molecule has 2 N–H and O–H groups in total. The fraction of sp³-hybridized carbons (Fsp3) is 0.824. The third kappa shape index (κ3) is 7.47. The molecule has 0 amide bonds. The van der Waals surface area contributed by atoms with E-state index in [-0.39, 0.29) is 24.0 Å². The molecule has 1 saturated heterocycles. The number of piperidine rings is 1. The Balaban J connectivity index is 0.00000312. The molecule has 1 aliphatic heterocycles. The Bertz CT molecular complexity index is 495. The zero-order valence-electron chi connectivity index (χ0n) is 15.9. The Morgan fingerprint density at radius 3 is 2.64 bits per heavy atom. The van der Waals surface area contributed by atoms with E-state index < -0.39 is 0 Å². The largest absolute Gasteiger partial charge is 0.357 e. The third-order valence-electron chi connectivity index (χ3n) is 4.44. The zero-order chi connectivity index (χ0) is 17.2. The van der Waals surface area contributed by atoms with Crippen molar-refractivity contribution in [3.05, 3.63) is 12.2 Å². The van der Waals surface area contributed by atoms with Crippen molar-refractivity contribution in [1.82, 2.24) is 30.3 Å². The summed E-state index contributed by atoms with van der Waals surface area (Å²) in [7, 11) is 0. The van der Waals surface area contributed by atoms with Gasteiger partial charge in [0.1, 0.15) is 12.2 Å². The maximum atomic E-state index is 4.72. The highest BCUT2D eigenvalue weighted by atomic mass is 127. The van der Waals surface area contributed by atoms with Crippen LogP contribution < -0.4 is 10.6 Å². The maximum Gasteiger partial charge on any atom is 0.191 e. The number of aliphatic imine (C=N–C) groups is 1. The van der Waals surface area contributed by atoms with Gasteiger partial charge in [0.05, 0.1) is 6.54 Å². The highest BCUT2D eigenvalue weighted by Gasteiger charge is 2.19. The average molecular weight is 463 g/mol. The van der Waals surface area contributed by atoms with Crippen molar-refractivity contribution in [2.45, 2.75) is 59.0 Å². The Morgan fingerprint density at radius 1 is 1.24 bits per heavy atom. The molecule has 0 aromatic carbocycles. The summed E-state index contributed by atoms with van der Waals surface area (Å²) in [5.41, 5.74) is 0. The molecule has 0 saturated carbocycles. The van der Waals surface area contributed by atoms with Gasteiger partial charge >= 0.3 is 0 Å². The minimum atomic E-state index is 0. The van der Waals surface area contributed by atoms with Gasteiger partial charge in [-0.3, -0.25) is 4.99 Å². The van der Waals surface area contributed by atoms with E-state index in [4.69, 9.17) is 4.99 Å². The van der Waals surface area contributed by atoms with Crippen LogP contribution in [-0.4, -0.2) is 64.4 Å². The number of hydrogen-bond donors (Lipinski definition) is 2. The van der Waals surface area contributed by atoms with Gasteiger partial charge in [0.2, 0.25) is 0 Å². The average Bonchev–Trinajstić information content (AvgIpc) is 3.04. The predicted molar refractivity (Wildman–Crippen MR) is 114 cm³/mol. The van der Waals surface area contributed by atoms with Crippen molar-refractivity contribution in [3.8, 4) is 0 Å². The van der Waals surface area contributed by atoms with Gasteiger partial charge in [-0.1, -0.05) is 13.8 Å². The quantitative estimate of drug-likeness (QED) is 0.350. The maximum absolute atomic E-state index is 4.72. The number of likely N-dealkylation sites (tertiary alicyclic amines) is 1. The van der Waals surface area contributed by atoms with Gasteiger partial charge in [-0.25, -0.2) is 0 Å². The zero-order valence-corrected chi connectivity index (χ0v) is 18.2. The van der Waals surface area contributed by atoms with Crippen LogP contribution in [0.4, 0.5) is 0 Å². The molecule has 144 valence electrons. The minimum absolute atomic E-state index is 0. The summed E-state index contributed by atoms with van der Waals surface area (Å²) >= 11 is 0. The third-order valence-corrected chi connectivity index (χ3v) is 4.44. The number of halogens is 1. The molecular formula is C17H34IN7. The molecule has 7 nitrogen and oxygen atoms in total. The highest BCUT2D eigenvalue weighted by Crippen LogP contribution is 2.10. The number of guanidine groups is 1. The van der Waals surface area contributed by atoms with Crippen LogP contribution in [0.2, 0.25) is 0 Å². The molecule has 0 radical (unpaired) electrons. The molecular weight excluding hydrogens is 429 g/mol. The number of hydrogen-bond acceptors (Lipinski definition) is 4. The molecule has 1 fully saturated rings. The van der Waals surface area contributed by atoms with Crippen molar-refractivity contribution in [2.24, 2.45) is 4.99 Å².